The summed E-state index contributed by atoms with van der Waals surface area (Å²) in [5, 5.41) is 6.69. The van der Waals surface area contributed by atoms with E-state index in [1.54, 1.807) is 24.3 Å². The third-order valence-electron chi connectivity index (χ3n) is 3.48. The second kappa shape index (κ2) is 8.11. The Bertz CT molecular complexity index is 903. The largest absolute Gasteiger partial charge is 0.489 e. The fourth-order valence-corrected chi connectivity index (χ4v) is 2.22. The highest BCUT2D eigenvalue weighted by molar-refractivity contribution is 5.94. The average molecular weight is 349 g/mol. The molecule has 0 spiro atoms. The Morgan fingerprint density at radius 1 is 1.19 bits per heavy atom. The molecule has 0 radical (unpaired) electrons. The Labute approximate surface area is 151 Å². The number of rotatable bonds is 7. The van der Waals surface area contributed by atoms with Gasteiger partial charge in [-0.1, -0.05) is 48.1 Å². The lowest BCUT2D eigenvalue weighted by Crippen LogP contribution is -2.23. The lowest BCUT2D eigenvalue weighted by molar-refractivity contribution is 0.0946. The van der Waals surface area contributed by atoms with Crippen molar-refractivity contribution in [1.82, 2.24) is 15.5 Å². The SMILES string of the molecule is C=C(C)COc1cccc(C(=O)NCc2nc(-c3ccccc3)no2)c1. The highest BCUT2D eigenvalue weighted by atomic mass is 16.5. The first-order valence-electron chi connectivity index (χ1n) is 8.15. The zero-order valence-electron chi connectivity index (χ0n) is 14.4. The number of nitrogens with zero attached hydrogens (tertiary/aromatic N) is 2. The van der Waals surface area contributed by atoms with Crippen LogP contribution in [0.15, 0.2) is 71.3 Å². The van der Waals surface area contributed by atoms with Crippen molar-refractivity contribution in [3.63, 3.8) is 0 Å². The van der Waals surface area contributed by atoms with Gasteiger partial charge in [0.2, 0.25) is 11.7 Å². The molecule has 1 N–H and O–H groups in total. The van der Waals surface area contributed by atoms with Gasteiger partial charge in [0.1, 0.15) is 12.4 Å². The van der Waals surface area contributed by atoms with E-state index in [0.29, 0.717) is 29.6 Å². The Kier molecular flexibility index (Phi) is 5.43. The second-order valence-electron chi connectivity index (χ2n) is 5.83. The fraction of sp³-hybridized carbons (Fsp3) is 0.150. The Balaban J connectivity index is 1.60. The fourth-order valence-electron chi connectivity index (χ4n) is 2.22. The summed E-state index contributed by atoms with van der Waals surface area (Å²) < 4.78 is 10.7. The van der Waals surface area contributed by atoms with Crippen molar-refractivity contribution in [2.75, 3.05) is 6.61 Å². The van der Waals surface area contributed by atoms with E-state index in [2.05, 4.69) is 22.0 Å². The summed E-state index contributed by atoms with van der Waals surface area (Å²) in [6, 6.07) is 16.5. The lowest BCUT2D eigenvalue weighted by atomic mass is 10.2. The first kappa shape index (κ1) is 17.4. The Morgan fingerprint density at radius 3 is 2.77 bits per heavy atom. The minimum absolute atomic E-state index is 0.148. The van der Waals surface area contributed by atoms with Crippen LogP contribution in [0.4, 0.5) is 0 Å². The van der Waals surface area contributed by atoms with Crippen molar-refractivity contribution in [2.45, 2.75) is 13.5 Å². The van der Waals surface area contributed by atoms with Gasteiger partial charge in [-0.05, 0) is 30.7 Å². The van der Waals surface area contributed by atoms with Crippen molar-refractivity contribution >= 4 is 5.91 Å². The first-order chi connectivity index (χ1) is 12.6. The summed E-state index contributed by atoms with van der Waals surface area (Å²) in [7, 11) is 0. The van der Waals surface area contributed by atoms with Gasteiger partial charge in [0.15, 0.2) is 0 Å². The van der Waals surface area contributed by atoms with Gasteiger partial charge in [-0.25, -0.2) is 0 Å². The third kappa shape index (κ3) is 4.57. The Morgan fingerprint density at radius 2 is 2.00 bits per heavy atom. The Hall–Kier alpha value is -3.41. The molecule has 0 saturated heterocycles. The van der Waals surface area contributed by atoms with Crippen LogP contribution in [0.5, 0.6) is 5.75 Å². The quantitative estimate of drug-likeness (QED) is 0.659. The van der Waals surface area contributed by atoms with Crippen LogP contribution < -0.4 is 10.1 Å². The van der Waals surface area contributed by atoms with Gasteiger partial charge in [0.25, 0.3) is 5.91 Å². The summed E-state index contributed by atoms with van der Waals surface area (Å²) in [5.74, 6) is 1.20. The van der Waals surface area contributed by atoms with Crippen LogP contribution in [0.2, 0.25) is 0 Å². The van der Waals surface area contributed by atoms with Crippen molar-refractivity contribution < 1.29 is 14.1 Å². The standard InChI is InChI=1S/C20H19N3O3/c1-14(2)13-25-17-10-6-9-16(11-17)20(24)21-12-18-22-19(23-26-18)15-7-4-3-5-8-15/h3-11H,1,12-13H2,2H3,(H,21,24). The molecule has 3 aromatic rings. The normalized spacial score (nSPS) is 10.3. The molecule has 0 bridgehead atoms. The van der Waals surface area contributed by atoms with Crippen LogP contribution in [-0.4, -0.2) is 22.7 Å². The number of nitrogens with one attached hydrogen (secondary N) is 1. The van der Waals surface area contributed by atoms with Gasteiger partial charge in [0.05, 0.1) is 6.54 Å². The molecule has 0 aliphatic rings. The van der Waals surface area contributed by atoms with Crippen LogP contribution >= 0.6 is 0 Å². The molecule has 1 heterocycles. The molecule has 0 saturated carbocycles. The number of amides is 1. The van der Waals surface area contributed by atoms with Gasteiger partial charge < -0.3 is 14.6 Å². The van der Waals surface area contributed by atoms with E-state index in [1.165, 1.54) is 0 Å². The molecule has 6 heteroatoms. The number of ether oxygens (including phenoxy) is 1. The van der Waals surface area contributed by atoms with E-state index in [9.17, 15) is 4.79 Å². The minimum atomic E-state index is -0.245. The zero-order chi connectivity index (χ0) is 18.4. The van der Waals surface area contributed by atoms with E-state index in [1.807, 2.05) is 37.3 Å². The predicted octanol–water partition coefficient (Wildman–Crippen LogP) is 3.62. The zero-order valence-corrected chi connectivity index (χ0v) is 14.4. The van der Waals surface area contributed by atoms with E-state index < -0.39 is 0 Å². The summed E-state index contributed by atoms with van der Waals surface area (Å²) in [4.78, 5) is 16.6. The van der Waals surface area contributed by atoms with Gasteiger partial charge in [-0.15, -0.1) is 0 Å². The molecule has 0 unspecified atom stereocenters. The summed E-state index contributed by atoms with van der Waals surface area (Å²) >= 11 is 0. The van der Waals surface area contributed by atoms with E-state index >= 15 is 0 Å². The van der Waals surface area contributed by atoms with Gasteiger partial charge in [-0.3, -0.25) is 4.79 Å². The van der Waals surface area contributed by atoms with Gasteiger partial charge >= 0.3 is 0 Å². The highest BCUT2D eigenvalue weighted by Gasteiger charge is 2.11. The molecule has 0 fully saturated rings. The summed E-state index contributed by atoms with van der Waals surface area (Å²) in [6.07, 6.45) is 0. The molecule has 0 aliphatic carbocycles. The maximum absolute atomic E-state index is 12.3. The number of carbonyl (C=O) groups is 1. The number of hydrogen-bond donors (Lipinski definition) is 1. The monoisotopic (exact) mass is 349 g/mol. The van der Waals surface area contributed by atoms with Crippen molar-refractivity contribution in [3.8, 4) is 17.1 Å². The molecule has 0 aliphatic heterocycles. The van der Waals surface area contributed by atoms with Crippen LogP contribution in [0.1, 0.15) is 23.2 Å². The van der Waals surface area contributed by atoms with Crippen molar-refractivity contribution in [2.24, 2.45) is 0 Å². The molecule has 3 rings (SSSR count). The van der Waals surface area contributed by atoms with Crippen LogP contribution in [0.3, 0.4) is 0 Å². The van der Waals surface area contributed by atoms with E-state index in [-0.39, 0.29) is 12.5 Å². The first-order valence-corrected chi connectivity index (χ1v) is 8.15. The number of benzene rings is 2. The molecule has 132 valence electrons. The molecule has 0 atom stereocenters. The molecule has 2 aromatic carbocycles. The topological polar surface area (TPSA) is 77.2 Å². The highest BCUT2D eigenvalue weighted by Crippen LogP contribution is 2.16. The molecule has 1 amide bonds. The molecule has 6 nitrogen and oxygen atoms in total. The third-order valence-corrected chi connectivity index (χ3v) is 3.48. The molecule has 1 aromatic heterocycles. The predicted molar refractivity (Wildman–Crippen MR) is 97.7 cm³/mol. The molecule has 26 heavy (non-hydrogen) atoms. The van der Waals surface area contributed by atoms with E-state index in [0.717, 1.165) is 11.1 Å². The van der Waals surface area contributed by atoms with Crippen molar-refractivity contribution in [1.29, 1.82) is 0 Å². The molecular formula is C20H19N3O3. The van der Waals surface area contributed by atoms with Crippen molar-refractivity contribution in [3.05, 3.63) is 78.2 Å². The number of aromatic nitrogens is 2. The maximum atomic E-state index is 12.3. The lowest BCUT2D eigenvalue weighted by Gasteiger charge is -2.07. The number of hydrogen-bond acceptors (Lipinski definition) is 5. The van der Waals surface area contributed by atoms with Crippen LogP contribution in [-0.2, 0) is 6.54 Å². The van der Waals surface area contributed by atoms with Crippen LogP contribution in [0, 0.1) is 0 Å². The smallest absolute Gasteiger partial charge is 0.251 e. The number of carbonyl (C=O) groups excluding carboxylic acids is 1. The van der Waals surface area contributed by atoms with Crippen LogP contribution in [0.25, 0.3) is 11.4 Å². The van der Waals surface area contributed by atoms with Gasteiger partial charge in [-0.2, -0.15) is 4.98 Å². The summed E-state index contributed by atoms with van der Waals surface area (Å²) in [5.41, 5.74) is 2.26. The molecular weight excluding hydrogens is 330 g/mol. The maximum Gasteiger partial charge on any atom is 0.251 e. The average Bonchev–Trinajstić information content (AvgIpc) is 3.14. The van der Waals surface area contributed by atoms with Gasteiger partial charge in [0, 0.05) is 11.1 Å². The summed E-state index contributed by atoms with van der Waals surface area (Å²) in [6.45, 7) is 6.23. The van der Waals surface area contributed by atoms with E-state index in [4.69, 9.17) is 9.26 Å². The second-order valence-corrected chi connectivity index (χ2v) is 5.83. The minimum Gasteiger partial charge on any atom is -0.489 e.